The summed E-state index contributed by atoms with van der Waals surface area (Å²) in [5.74, 6) is 0.670. The van der Waals surface area contributed by atoms with Gasteiger partial charge in [-0.1, -0.05) is 11.6 Å². The minimum absolute atomic E-state index is 0.0850. The monoisotopic (exact) mass is 264 g/mol. The second-order valence-corrected chi connectivity index (χ2v) is 4.15. The van der Waals surface area contributed by atoms with Crippen LogP contribution in [0, 0.1) is 0 Å². The van der Waals surface area contributed by atoms with Gasteiger partial charge in [0.15, 0.2) is 0 Å². The maximum atomic E-state index is 12.3. The molecule has 0 aliphatic carbocycles. The Bertz CT molecular complexity index is 526. The van der Waals surface area contributed by atoms with E-state index in [4.69, 9.17) is 16.0 Å². The summed E-state index contributed by atoms with van der Waals surface area (Å²) in [6.45, 7) is 2.96. The summed E-state index contributed by atoms with van der Waals surface area (Å²) < 4.78 is 5.24. The Balaban J connectivity index is 2.15. The summed E-state index contributed by atoms with van der Waals surface area (Å²) in [4.78, 5) is 17.8. The molecule has 0 aromatic carbocycles. The van der Waals surface area contributed by atoms with Crippen LogP contribution in [0.2, 0.25) is 5.15 Å². The maximum Gasteiger partial charge on any atom is 0.254 e. The SMILES string of the molecule is CCN(Cc1ccco1)C(=O)c1ccnc(Cl)c1. The number of rotatable bonds is 4. The van der Waals surface area contributed by atoms with Gasteiger partial charge >= 0.3 is 0 Å². The zero-order valence-corrected chi connectivity index (χ0v) is 10.7. The Morgan fingerprint density at radius 3 is 2.94 bits per heavy atom. The van der Waals surface area contributed by atoms with Gasteiger partial charge in [0, 0.05) is 18.3 Å². The van der Waals surface area contributed by atoms with Gasteiger partial charge in [0.2, 0.25) is 0 Å². The first-order valence-electron chi connectivity index (χ1n) is 5.64. The standard InChI is InChI=1S/C13H13ClN2O2/c1-2-16(9-11-4-3-7-18-11)13(17)10-5-6-15-12(14)8-10/h3-8H,2,9H2,1H3. The van der Waals surface area contributed by atoms with E-state index < -0.39 is 0 Å². The number of furan rings is 1. The molecule has 2 aromatic rings. The van der Waals surface area contributed by atoms with Gasteiger partial charge in [-0.05, 0) is 31.2 Å². The molecule has 4 nitrogen and oxygen atoms in total. The largest absolute Gasteiger partial charge is 0.467 e. The van der Waals surface area contributed by atoms with Crippen LogP contribution < -0.4 is 0 Å². The molecular weight excluding hydrogens is 252 g/mol. The Morgan fingerprint density at radius 1 is 1.50 bits per heavy atom. The van der Waals surface area contributed by atoms with E-state index in [2.05, 4.69) is 4.98 Å². The first-order chi connectivity index (χ1) is 8.70. The first kappa shape index (κ1) is 12.6. The molecule has 18 heavy (non-hydrogen) atoms. The van der Waals surface area contributed by atoms with Gasteiger partial charge in [-0.15, -0.1) is 0 Å². The molecule has 0 radical (unpaired) electrons. The van der Waals surface area contributed by atoms with Gasteiger partial charge in [-0.3, -0.25) is 4.79 Å². The third-order valence-electron chi connectivity index (χ3n) is 2.57. The molecule has 5 heteroatoms. The third-order valence-corrected chi connectivity index (χ3v) is 2.78. The molecule has 0 N–H and O–H groups in total. The predicted molar refractivity (Wildman–Crippen MR) is 68.4 cm³/mol. The van der Waals surface area contributed by atoms with E-state index in [1.165, 1.54) is 6.20 Å². The number of amides is 1. The molecule has 0 spiro atoms. The summed E-state index contributed by atoms with van der Waals surface area (Å²) in [5, 5.41) is 0.315. The van der Waals surface area contributed by atoms with E-state index in [0.29, 0.717) is 23.8 Å². The molecule has 0 aliphatic heterocycles. The molecule has 2 rings (SSSR count). The lowest BCUT2D eigenvalue weighted by Gasteiger charge is -2.19. The number of carbonyl (C=O) groups is 1. The average Bonchev–Trinajstić information content (AvgIpc) is 2.88. The van der Waals surface area contributed by atoms with Crippen LogP contribution in [0.25, 0.3) is 0 Å². The van der Waals surface area contributed by atoms with Crippen LogP contribution in [0.4, 0.5) is 0 Å². The van der Waals surface area contributed by atoms with Crippen molar-refractivity contribution in [3.63, 3.8) is 0 Å². The second kappa shape index (κ2) is 5.69. The van der Waals surface area contributed by atoms with Crippen molar-refractivity contribution in [2.75, 3.05) is 6.54 Å². The predicted octanol–water partition coefficient (Wildman–Crippen LogP) is 2.99. The minimum Gasteiger partial charge on any atom is -0.467 e. The highest BCUT2D eigenvalue weighted by Crippen LogP contribution is 2.12. The molecule has 0 unspecified atom stereocenters. The zero-order chi connectivity index (χ0) is 13.0. The van der Waals surface area contributed by atoms with Crippen LogP contribution >= 0.6 is 11.6 Å². The number of halogens is 1. The van der Waals surface area contributed by atoms with Gasteiger partial charge in [0.25, 0.3) is 5.91 Å². The number of hydrogen-bond donors (Lipinski definition) is 0. The molecule has 0 bridgehead atoms. The molecule has 2 heterocycles. The Kier molecular flexibility index (Phi) is 3.99. The van der Waals surface area contributed by atoms with E-state index >= 15 is 0 Å². The molecule has 94 valence electrons. The summed E-state index contributed by atoms with van der Waals surface area (Å²) in [6.07, 6.45) is 3.12. The van der Waals surface area contributed by atoms with Crippen LogP contribution in [0.3, 0.4) is 0 Å². The Hall–Kier alpha value is -1.81. The molecule has 2 aromatic heterocycles. The van der Waals surface area contributed by atoms with Crippen molar-refractivity contribution < 1.29 is 9.21 Å². The Labute approximate surface area is 110 Å². The normalized spacial score (nSPS) is 10.3. The van der Waals surface area contributed by atoms with Crippen molar-refractivity contribution >= 4 is 17.5 Å². The minimum atomic E-state index is -0.0850. The molecular formula is C13H13ClN2O2. The molecule has 1 amide bonds. The van der Waals surface area contributed by atoms with Crippen molar-refractivity contribution in [2.24, 2.45) is 0 Å². The van der Waals surface area contributed by atoms with Gasteiger partial charge in [0.05, 0.1) is 12.8 Å². The van der Waals surface area contributed by atoms with Gasteiger partial charge in [-0.2, -0.15) is 0 Å². The van der Waals surface area contributed by atoms with Crippen molar-refractivity contribution in [3.05, 3.63) is 53.2 Å². The number of aromatic nitrogens is 1. The summed E-state index contributed by atoms with van der Waals surface area (Å²) in [7, 11) is 0. The van der Waals surface area contributed by atoms with Gasteiger partial charge in [-0.25, -0.2) is 4.98 Å². The van der Waals surface area contributed by atoms with E-state index in [1.807, 2.05) is 13.0 Å². The molecule has 0 saturated carbocycles. The van der Waals surface area contributed by atoms with Crippen molar-refractivity contribution in [1.82, 2.24) is 9.88 Å². The van der Waals surface area contributed by atoms with Crippen molar-refractivity contribution in [1.29, 1.82) is 0 Å². The third kappa shape index (κ3) is 2.90. The lowest BCUT2D eigenvalue weighted by Crippen LogP contribution is -2.30. The molecule has 0 fully saturated rings. The van der Waals surface area contributed by atoms with Crippen LogP contribution in [0.15, 0.2) is 41.1 Å². The number of nitrogens with zero attached hydrogens (tertiary/aromatic N) is 2. The highest BCUT2D eigenvalue weighted by molar-refractivity contribution is 6.29. The van der Waals surface area contributed by atoms with Crippen molar-refractivity contribution in [2.45, 2.75) is 13.5 Å². The second-order valence-electron chi connectivity index (χ2n) is 3.77. The van der Waals surface area contributed by atoms with Crippen LogP contribution in [-0.2, 0) is 6.54 Å². The zero-order valence-electron chi connectivity index (χ0n) is 9.97. The van der Waals surface area contributed by atoms with Crippen LogP contribution in [0.5, 0.6) is 0 Å². The molecule has 0 aliphatic rings. The Morgan fingerprint density at radius 2 is 2.33 bits per heavy atom. The fourth-order valence-electron chi connectivity index (χ4n) is 1.64. The fraction of sp³-hybridized carbons (Fsp3) is 0.231. The summed E-state index contributed by atoms with van der Waals surface area (Å²) >= 11 is 5.78. The maximum absolute atomic E-state index is 12.3. The summed E-state index contributed by atoms with van der Waals surface area (Å²) in [5.41, 5.74) is 0.531. The average molecular weight is 265 g/mol. The smallest absolute Gasteiger partial charge is 0.254 e. The number of carbonyl (C=O) groups excluding carboxylic acids is 1. The van der Waals surface area contributed by atoms with Gasteiger partial charge < -0.3 is 9.32 Å². The summed E-state index contributed by atoms with van der Waals surface area (Å²) in [6, 6.07) is 6.86. The van der Waals surface area contributed by atoms with E-state index in [-0.39, 0.29) is 5.91 Å². The quantitative estimate of drug-likeness (QED) is 0.798. The fourth-order valence-corrected chi connectivity index (χ4v) is 1.81. The number of pyridine rings is 1. The van der Waals surface area contributed by atoms with E-state index in [1.54, 1.807) is 29.4 Å². The highest BCUT2D eigenvalue weighted by Gasteiger charge is 2.15. The van der Waals surface area contributed by atoms with E-state index in [0.717, 1.165) is 5.76 Å². The molecule has 0 atom stereocenters. The first-order valence-corrected chi connectivity index (χ1v) is 6.01. The number of hydrogen-bond acceptors (Lipinski definition) is 3. The van der Waals surface area contributed by atoms with Crippen LogP contribution in [0.1, 0.15) is 23.0 Å². The van der Waals surface area contributed by atoms with E-state index in [9.17, 15) is 4.79 Å². The van der Waals surface area contributed by atoms with Crippen molar-refractivity contribution in [3.8, 4) is 0 Å². The topological polar surface area (TPSA) is 46.3 Å². The lowest BCUT2D eigenvalue weighted by molar-refractivity contribution is 0.0741. The highest BCUT2D eigenvalue weighted by atomic mass is 35.5. The van der Waals surface area contributed by atoms with Crippen LogP contribution in [-0.4, -0.2) is 22.3 Å². The van der Waals surface area contributed by atoms with Gasteiger partial charge in [0.1, 0.15) is 10.9 Å². The lowest BCUT2D eigenvalue weighted by atomic mass is 10.2. The molecule has 0 saturated heterocycles.